The third-order valence-electron chi connectivity index (χ3n) is 2.99. The van der Waals surface area contributed by atoms with E-state index in [1.807, 2.05) is 0 Å². The molecular weight excluding hydrogens is 184 g/mol. The van der Waals surface area contributed by atoms with Crippen LogP contribution in [0.1, 0.15) is 52.9 Å². The maximum absolute atomic E-state index is 5.50. The summed E-state index contributed by atoms with van der Waals surface area (Å²) in [5, 5.41) is 0. The van der Waals surface area contributed by atoms with Crippen LogP contribution in [0.2, 0.25) is 0 Å². The molecule has 1 saturated carbocycles. The molecule has 2 N–H and O–H groups in total. The highest BCUT2D eigenvalue weighted by Crippen LogP contribution is 2.39. The zero-order valence-electron chi connectivity index (χ0n) is 10.3. The minimum atomic E-state index is 0.762. The van der Waals surface area contributed by atoms with Crippen molar-refractivity contribution in [3.05, 3.63) is 11.3 Å². The van der Waals surface area contributed by atoms with E-state index in [1.165, 1.54) is 29.8 Å². The summed E-state index contributed by atoms with van der Waals surface area (Å²) in [6, 6.07) is 0. The highest BCUT2D eigenvalue weighted by Gasteiger charge is 2.27. The van der Waals surface area contributed by atoms with Crippen LogP contribution in [0.15, 0.2) is 16.3 Å². The Morgan fingerprint density at radius 3 is 2.47 bits per heavy atom. The maximum atomic E-state index is 5.50. The average molecular weight is 208 g/mol. The molecule has 2 nitrogen and oxygen atoms in total. The minimum Gasteiger partial charge on any atom is -0.330 e. The number of aliphatic imine (C=N–C) groups is 1. The Morgan fingerprint density at radius 2 is 2.00 bits per heavy atom. The molecule has 0 spiro atoms. The minimum absolute atomic E-state index is 0.762. The largest absolute Gasteiger partial charge is 0.330 e. The highest BCUT2D eigenvalue weighted by molar-refractivity contribution is 5.83. The first kappa shape index (κ1) is 12.4. The highest BCUT2D eigenvalue weighted by atomic mass is 14.8. The van der Waals surface area contributed by atoms with Crippen LogP contribution in [0.25, 0.3) is 0 Å². The molecule has 0 aromatic rings. The van der Waals surface area contributed by atoms with Gasteiger partial charge in [0.15, 0.2) is 0 Å². The zero-order valence-corrected chi connectivity index (χ0v) is 10.3. The summed E-state index contributed by atoms with van der Waals surface area (Å²) in [5.74, 6) is 0.762. The van der Waals surface area contributed by atoms with Gasteiger partial charge in [-0.25, -0.2) is 0 Å². The molecule has 0 saturated heterocycles. The van der Waals surface area contributed by atoms with Crippen LogP contribution in [0.4, 0.5) is 0 Å². The Morgan fingerprint density at radius 1 is 1.33 bits per heavy atom. The summed E-state index contributed by atoms with van der Waals surface area (Å²) in [5.41, 5.74) is 9.57. The number of rotatable bonds is 6. The first-order chi connectivity index (χ1) is 7.19. The van der Waals surface area contributed by atoms with Crippen molar-refractivity contribution >= 4 is 5.71 Å². The molecule has 1 aliphatic rings. The van der Waals surface area contributed by atoms with Crippen molar-refractivity contribution in [3.8, 4) is 0 Å². The molecule has 0 aromatic heterocycles. The Labute approximate surface area is 93.7 Å². The molecule has 1 aliphatic carbocycles. The van der Waals surface area contributed by atoms with E-state index in [4.69, 9.17) is 10.7 Å². The lowest BCUT2D eigenvalue weighted by Crippen LogP contribution is -2.03. The van der Waals surface area contributed by atoms with Crippen LogP contribution < -0.4 is 5.73 Å². The van der Waals surface area contributed by atoms with Crippen molar-refractivity contribution in [2.45, 2.75) is 52.9 Å². The second-order valence-corrected chi connectivity index (χ2v) is 4.53. The van der Waals surface area contributed by atoms with E-state index in [1.54, 1.807) is 0 Å². The quantitative estimate of drug-likeness (QED) is 0.668. The third kappa shape index (κ3) is 4.17. The molecular formula is C13H24N2. The standard InChI is InChI=1S/C13H24N2/c1-4-10(2)13(12-7-8-12)15-11(3)6-5-9-14/h12H,4-9,14H2,1-3H3/b13-10+,15-11?. The number of hydrogen-bond donors (Lipinski definition) is 1. The van der Waals surface area contributed by atoms with Gasteiger partial charge in [0.05, 0.1) is 0 Å². The van der Waals surface area contributed by atoms with E-state index >= 15 is 0 Å². The van der Waals surface area contributed by atoms with E-state index < -0.39 is 0 Å². The molecule has 0 bridgehead atoms. The first-order valence-electron chi connectivity index (χ1n) is 6.12. The van der Waals surface area contributed by atoms with Gasteiger partial charge in [-0.1, -0.05) is 12.5 Å². The van der Waals surface area contributed by atoms with Crippen LogP contribution in [0, 0.1) is 5.92 Å². The third-order valence-corrected chi connectivity index (χ3v) is 2.99. The van der Waals surface area contributed by atoms with Crippen molar-refractivity contribution in [2.75, 3.05) is 6.54 Å². The van der Waals surface area contributed by atoms with Gasteiger partial charge in [0, 0.05) is 17.3 Å². The fourth-order valence-corrected chi connectivity index (χ4v) is 1.69. The molecule has 0 radical (unpaired) electrons. The van der Waals surface area contributed by atoms with Gasteiger partial charge in [0.25, 0.3) is 0 Å². The van der Waals surface area contributed by atoms with Crippen molar-refractivity contribution < 1.29 is 0 Å². The van der Waals surface area contributed by atoms with Crippen molar-refractivity contribution in [1.82, 2.24) is 0 Å². The molecule has 0 unspecified atom stereocenters. The summed E-state index contributed by atoms with van der Waals surface area (Å²) >= 11 is 0. The second kappa shape index (κ2) is 6.06. The van der Waals surface area contributed by atoms with Crippen LogP contribution in [-0.4, -0.2) is 12.3 Å². The van der Waals surface area contributed by atoms with Gasteiger partial charge < -0.3 is 5.73 Å². The lowest BCUT2D eigenvalue weighted by atomic mass is 10.1. The molecule has 0 atom stereocenters. The SMILES string of the molecule is CC/C(C)=C(/N=C(C)CCCN)C1CC1. The molecule has 15 heavy (non-hydrogen) atoms. The van der Waals surface area contributed by atoms with Gasteiger partial charge in [-0.05, 0) is 52.5 Å². The average Bonchev–Trinajstić information content (AvgIpc) is 3.05. The van der Waals surface area contributed by atoms with Gasteiger partial charge >= 0.3 is 0 Å². The van der Waals surface area contributed by atoms with Crippen molar-refractivity contribution in [3.63, 3.8) is 0 Å². The fraction of sp³-hybridized carbons (Fsp3) is 0.769. The maximum Gasteiger partial charge on any atom is 0.0422 e. The van der Waals surface area contributed by atoms with Gasteiger partial charge in [0.1, 0.15) is 0 Å². The van der Waals surface area contributed by atoms with E-state index in [0.717, 1.165) is 31.7 Å². The van der Waals surface area contributed by atoms with Crippen LogP contribution >= 0.6 is 0 Å². The summed E-state index contributed by atoms with van der Waals surface area (Å²) in [7, 11) is 0. The number of nitrogens with two attached hydrogens (primary N) is 1. The summed E-state index contributed by atoms with van der Waals surface area (Å²) in [6.45, 7) is 7.32. The van der Waals surface area contributed by atoms with Crippen LogP contribution in [0.5, 0.6) is 0 Å². The molecule has 1 rings (SSSR count). The van der Waals surface area contributed by atoms with Crippen molar-refractivity contribution in [2.24, 2.45) is 16.6 Å². The monoisotopic (exact) mass is 208 g/mol. The summed E-state index contributed by atoms with van der Waals surface area (Å²) in [4.78, 5) is 4.79. The molecule has 0 amide bonds. The van der Waals surface area contributed by atoms with Gasteiger partial charge in [-0.3, -0.25) is 4.99 Å². The summed E-state index contributed by atoms with van der Waals surface area (Å²) in [6.07, 6.45) is 5.89. The lowest BCUT2D eigenvalue weighted by molar-refractivity contribution is 0.861. The molecule has 1 fully saturated rings. The van der Waals surface area contributed by atoms with Crippen LogP contribution in [0.3, 0.4) is 0 Å². The van der Waals surface area contributed by atoms with Gasteiger partial charge in [-0.15, -0.1) is 0 Å². The van der Waals surface area contributed by atoms with E-state index in [0.29, 0.717) is 0 Å². The normalized spacial score (nSPS) is 19.1. The van der Waals surface area contributed by atoms with E-state index in [-0.39, 0.29) is 0 Å². The fourth-order valence-electron chi connectivity index (χ4n) is 1.69. The number of nitrogens with zero attached hydrogens (tertiary/aromatic N) is 1. The Kier molecular flexibility index (Phi) is 5.03. The van der Waals surface area contributed by atoms with E-state index in [9.17, 15) is 0 Å². The Bertz CT molecular complexity index is 260. The Balaban J connectivity index is 2.65. The van der Waals surface area contributed by atoms with Crippen molar-refractivity contribution in [1.29, 1.82) is 0 Å². The number of allylic oxidation sites excluding steroid dienone is 2. The number of hydrogen-bond acceptors (Lipinski definition) is 2. The molecule has 2 heteroatoms. The molecule has 0 aromatic carbocycles. The molecule has 0 heterocycles. The Hall–Kier alpha value is -0.630. The van der Waals surface area contributed by atoms with Crippen LogP contribution in [-0.2, 0) is 0 Å². The molecule has 0 aliphatic heterocycles. The van der Waals surface area contributed by atoms with Gasteiger partial charge in [0.2, 0.25) is 0 Å². The predicted octanol–water partition coefficient (Wildman–Crippen LogP) is 3.28. The van der Waals surface area contributed by atoms with Gasteiger partial charge in [-0.2, -0.15) is 0 Å². The van der Waals surface area contributed by atoms with E-state index in [2.05, 4.69) is 20.8 Å². The predicted molar refractivity (Wildman–Crippen MR) is 67.1 cm³/mol. The summed E-state index contributed by atoms with van der Waals surface area (Å²) < 4.78 is 0. The first-order valence-corrected chi connectivity index (χ1v) is 6.12. The zero-order chi connectivity index (χ0) is 11.3. The lowest BCUT2D eigenvalue weighted by Gasteiger charge is -2.07. The smallest absolute Gasteiger partial charge is 0.0422 e. The second-order valence-electron chi connectivity index (χ2n) is 4.53. The topological polar surface area (TPSA) is 38.4 Å². The molecule has 86 valence electrons.